The second-order valence-electron chi connectivity index (χ2n) is 5.88. The van der Waals surface area contributed by atoms with Crippen LogP contribution in [0.5, 0.6) is 0 Å². The molecule has 0 N–H and O–H groups in total. The molecular weight excluding hydrogens is 236 g/mol. The Balaban J connectivity index is 4.65. The van der Waals surface area contributed by atoms with Crippen LogP contribution in [0.2, 0.25) is 16.6 Å². The topological polar surface area (TPSA) is 9.23 Å². The molecule has 0 saturated heterocycles. The van der Waals surface area contributed by atoms with Crippen molar-refractivity contribution in [3.05, 3.63) is 12.7 Å². The van der Waals surface area contributed by atoms with E-state index in [0.717, 1.165) is 19.3 Å². The summed E-state index contributed by atoms with van der Waals surface area (Å²) in [6.45, 7) is 17.4. The Bertz CT molecular complexity index is 272. The maximum absolute atomic E-state index is 6.15. The van der Waals surface area contributed by atoms with Crippen molar-refractivity contribution in [1.82, 2.24) is 0 Å². The van der Waals surface area contributed by atoms with Gasteiger partial charge in [0.15, 0.2) is 0 Å². The molecule has 0 amide bonds. The summed E-state index contributed by atoms with van der Waals surface area (Å²) >= 11 is 0. The molecule has 0 atom stereocenters. The first-order valence-corrected chi connectivity index (χ1v) is 9.30. The minimum atomic E-state index is -1.79. The van der Waals surface area contributed by atoms with E-state index in [9.17, 15) is 0 Å². The average molecular weight is 267 g/mol. The Morgan fingerprint density at radius 2 is 1.56 bits per heavy atom. The maximum Gasteiger partial charge on any atom is 0.272 e. The number of rotatable bonds is 7. The Morgan fingerprint density at radius 1 is 1.06 bits per heavy atom. The molecule has 0 aromatic heterocycles. The standard InChI is InChI=1S/C16H30OSi/c1-8-9-10-11-12-13-17-18(14(2)3,15(4)5)16(6)7/h8,14-16H,1,9-11H2,2-7H3. The summed E-state index contributed by atoms with van der Waals surface area (Å²) in [7, 11) is -1.79. The van der Waals surface area contributed by atoms with E-state index in [0.29, 0.717) is 16.6 Å². The van der Waals surface area contributed by atoms with E-state index >= 15 is 0 Å². The zero-order chi connectivity index (χ0) is 14.2. The molecule has 0 aromatic carbocycles. The van der Waals surface area contributed by atoms with Gasteiger partial charge in [0.2, 0.25) is 0 Å². The van der Waals surface area contributed by atoms with E-state index in [4.69, 9.17) is 4.43 Å². The van der Waals surface area contributed by atoms with Gasteiger partial charge in [-0.15, -0.1) is 6.58 Å². The van der Waals surface area contributed by atoms with E-state index in [-0.39, 0.29) is 0 Å². The minimum absolute atomic E-state index is 0.597. The molecule has 0 aliphatic heterocycles. The molecule has 0 aromatic rings. The highest BCUT2D eigenvalue weighted by Gasteiger charge is 2.46. The quantitative estimate of drug-likeness (QED) is 0.256. The molecule has 0 aliphatic carbocycles. The summed E-state index contributed by atoms with van der Waals surface area (Å²) in [4.78, 5) is 0. The van der Waals surface area contributed by atoms with Crippen LogP contribution in [0, 0.1) is 12.0 Å². The van der Waals surface area contributed by atoms with Gasteiger partial charge in [-0.1, -0.05) is 53.5 Å². The molecule has 104 valence electrons. The number of allylic oxidation sites excluding steroid dienone is 1. The lowest BCUT2D eigenvalue weighted by Crippen LogP contribution is -2.46. The molecule has 0 spiro atoms. The van der Waals surface area contributed by atoms with Crippen LogP contribution in [0.3, 0.4) is 0 Å². The minimum Gasteiger partial charge on any atom is -0.500 e. The Hall–Kier alpha value is -0.683. The fourth-order valence-corrected chi connectivity index (χ4v) is 7.82. The Morgan fingerprint density at radius 3 is 1.94 bits per heavy atom. The van der Waals surface area contributed by atoms with Crippen molar-refractivity contribution in [3.63, 3.8) is 0 Å². The first-order valence-electron chi connectivity index (χ1n) is 7.16. The van der Waals surface area contributed by atoms with E-state index in [1.807, 2.05) is 6.08 Å². The van der Waals surface area contributed by atoms with Crippen molar-refractivity contribution in [2.24, 2.45) is 0 Å². The number of hydrogen-bond donors (Lipinski definition) is 0. The molecule has 18 heavy (non-hydrogen) atoms. The van der Waals surface area contributed by atoms with Gasteiger partial charge in [-0.05, 0) is 29.5 Å². The highest BCUT2D eigenvalue weighted by atomic mass is 28.4. The molecule has 0 rings (SSSR count). The van der Waals surface area contributed by atoms with Crippen LogP contribution in [-0.2, 0) is 4.43 Å². The first-order chi connectivity index (χ1) is 8.39. The smallest absolute Gasteiger partial charge is 0.272 e. The van der Waals surface area contributed by atoms with Gasteiger partial charge in [-0.3, -0.25) is 0 Å². The van der Waals surface area contributed by atoms with E-state index in [1.54, 1.807) is 0 Å². The molecule has 0 fully saturated rings. The van der Waals surface area contributed by atoms with Crippen LogP contribution in [0.1, 0.15) is 60.8 Å². The van der Waals surface area contributed by atoms with Gasteiger partial charge in [0, 0.05) is 6.42 Å². The van der Waals surface area contributed by atoms with Gasteiger partial charge in [0.25, 0.3) is 8.32 Å². The Labute approximate surface area is 115 Å². The first kappa shape index (κ1) is 17.3. The van der Waals surface area contributed by atoms with Crippen molar-refractivity contribution >= 4 is 8.32 Å². The summed E-state index contributed by atoms with van der Waals surface area (Å²) in [5.74, 6) is 3.15. The molecular formula is C16H30OSi. The molecule has 0 aliphatic rings. The van der Waals surface area contributed by atoms with Crippen LogP contribution in [0.4, 0.5) is 0 Å². The van der Waals surface area contributed by atoms with Crippen LogP contribution in [-0.4, -0.2) is 8.32 Å². The fourth-order valence-electron chi connectivity index (χ4n) is 2.86. The van der Waals surface area contributed by atoms with Gasteiger partial charge in [0.05, 0.1) is 6.11 Å². The predicted octanol–water partition coefficient (Wildman–Crippen LogP) is 5.50. The van der Waals surface area contributed by atoms with Crippen molar-refractivity contribution < 1.29 is 4.43 Å². The maximum atomic E-state index is 6.15. The third kappa shape index (κ3) is 4.53. The van der Waals surface area contributed by atoms with Crippen LogP contribution < -0.4 is 0 Å². The summed E-state index contributed by atoms with van der Waals surface area (Å²) in [6, 6.07) is 0. The molecule has 0 radical (unpaired) electrons. The second-order valence-corrected chi connectivity index (χ2v) is 11.3. The SMILES string of the molecule is C=CCCCC#CO[Si](C(C)C)(C(C)C)C(C)C. The molecule has 0 bridgehead atoms. The van der Waals surface area contributed by atoms with Crippen molar-refractivity contribution in [2.75, 3.05) is 0 Å². The van der Waals surface area contributed by atoms with E-state index in [2.05, 4.69) is 60.1 Å². The fraction of sp³-hybridized carbons (Fsp3) is 0.750. The molecule has 2 heteroatoms. The van der Waals surface area contributed by atoms with Crippen molar-refractivity contribution in [3.8, 4) is 12.0 Å². The predicted molar refractivity (Wildman–Crippen MR) is 84.0 cm³/mol. The van der Waals surface area contributed by atoms with Gasteiger partial charge in [-0.2, -0.15) is 0 Å². The third-order valence-corrected chi connectivity index (χ3v) is 9.59. The largest absolute Gasteiger partial charge is 0.500 e. The van der Waals surface area contributed by atoms with E-state index < -0.39 is 8.32 Å². The highest BCUT2D eigenvalue weighted by Crippen LogP contribution is 2.41. The normalized spacial score (nSPS) is 11.6. The summed E-state index contributed by atoms with van der Waals surface area (Å²) < 4.78 is 6.15. The summed E-state index contributed by atoms with van der Waals surface area (Å²) in [6.07, 6.45) is 7.98. The second kappa shape index (κ2) is 8.42. The molecule has 0 heterocycles. The van der Waals surface area contributed by atoms with Gasteiger partial charge >= 0.3 is 0 Å². The molecule has 0 unspecified atom stereocenters. The lowest BCUT2D eigenvalue weighted by Gasteiger charge is -2.39. The van der Waals surface area contributed by atoms with Crippen LogP contribution in [0.25, 0.3) is 0 Å². The summed E-state index contributed by atoms with van der Waals surface area (Å²) in [5, 5.41) is 0. The van der Waals surface area contributed by atoms with Crippen LogP contribution >= 0.6 is 0 Å². The Kier molecular flexibility index (Phi) is 8.10. The van der Waals surface area contributed by atoms with Gasteiger partial charge < -0.3 is 4.43 Å². The monoisotopic (exact) mass is 266 g/mol. The zero-order valence-corrected chi connectivity index (χ0v) is 14.0. The lowest BCUT2D eigenvalue weighted by molar-refractivity contribution is 0.446. The highest BCUT2D eigenvalue weighted by molar-refractivity contribution is 6.77. The van der Waals surface area contributed by atoms with Crippen molar-refractivity contribution in [1.29, 1.82) is 0 Å². The third-order valence-electron chi connectivity index (χ3n) is 3.72. The van der Waals surface area contributed by atoms with E-state index in [1.165, 1.54) is 0 Å². The van der Waals surface area contributed by atoms with Crippen LogP contribution in [0.15, 0.2) is 12.7 Å². The van der Waals surface area contributed by atoms with Gasteiger partial charge in [0.1, 0.15) is 0 Å². The number of hydrogen-bond acceptors (Lipinski definition) is 1. The molecule has 0 saturated carbocycles. The van der Waals surface area contributed by atoms with Gasteiger partial charge in [-0.25, -0.2) is 0 Å². The van der Waals surface area contributed by atoms with Crippen molar-refractivity contribution in [2.45, 2.75) is 77.4 Å². The number of unbranched alkanes of at least 4 members (excludes halogenated alkanes) is 2. The average Bonchev–Trinajstić information content (AvgIpc) is 2.26. The summed E-state index contributed by atoms with van der Waals surface area (Å²) in [5.41, 5.74) is 1.79. The molecule has 1 nitrogen and oxygen atoms in total. The lowest BCUT2D eigenvalue weighted by atomic mass is 10.2. The zero-order valence-electron chi connectivity index (χ0n) is 13.0.